The fraction of sp³-hybridized carbons (Fsp3) is 0.286. The monoisotopic (exact) mass is 520 g/mol. The summed E-state index contributed by atoms with van der Waals surface area (Å²) in [5.41, 5.74) is 2.32. The van der Waals surface area contributed by atoms with E-state index in [0.717, 1.165) is 11.3 Å². The number of ether oxygens (including phenoxy) is 3. The van der Waals surface area contributed by atoms with E-state index in [4.69, 9.17) is 14.2 Å². The Morgan fingerprint density at radius 2 is 1.76 bits per heavy atom. The molecule has 0 aliphatic carbocycles. The number of hydrogen-bond acceptors (Lipinski definition) is 8. The van der Waals surface area contributed by atoms with Crippen molar-refractivity contribution in [2.75, 3.05) is 13.7 Å². The van der Waals surface area contributed by atoms with Gasteiger partial charge in [-0.05, 0) is 69.2 Å². The molecule has 2 aromatic carbocycles. The number of rotatable bonds is 7. The van der Waals surface area contributed by atoms with Crippen LogP contribution in [0, 0.1) is 0 Å². The Morgan fingerprint density at radius 1 is 1.08 bits per heavy atom. The van der Waals surface area contributed by atoms with E-state index in [0.29, 0.717) is 32.8 Å². The minimum absolute atomic E-state index is 0.276. The molecule has 3 aromatic rings. The predicted molar refractivity (Wildman–Crippen MR) is 140 cm³/mol. The summed E-state index contributed by atoms with van der Waals surface area (Å²) < 4.78 is 17.8. The molecule has 0 saturated carbocycles. The molecule has 0 bridgehead atoms. The van der Waals surface area contributed by atoms with Crippen LogP contribution in [0.5, 0.6) is 5.75 Å². The molecule has 9 heteroatoms. The third-order valence-corrected chi connectivity index (χ3v) is 6.70. The van der Waals surface area contributed by atoms with Crippen molar-refractivity contribution in [1.29, 1.82) is 0 Å². The van der Waals surface area contributed by atoms with Crippen molar-refractivity contribution < 1.29 is 23.8 Å². The zero-order chi connectivity index (χ0) is 26.7. The molecule has 0 radical (unpaired) electrons. The van der Waals surface area contributed by atoms with Crippen LogP contribution in [-0.2, 0) is 14.3 Å². The summed E-state index contributed by atoms with van der Waals surface area (Å²) in [6.07, 6.45) is 1.45. The lowest BCUT2D eigenvalue weighted by molar-refractivity contribution is -0.143. The molecule has 0 spiro atoms. The second-order valence-electron chi connectivity index (χ2n) is 8.65. The van der Waals surface area contributed by atoms with Gasteiger partial charge in [-0.3, -0.25) is 9.36 Å². The first-order chi connectivity index (χ1) is 17.7. The average Bonchev–Trinajstić information content (AvgIpc) is 3.17. The molecule has 2 heterocycles. The van der Waals surface area contributed by atoms with Crippen molar-refractivity contribution in [3.05, 3.63) is 96.2 Å². The van der Waals surface area contributed by atoms with Crippen LogP contribution in [0.4, 0.5) is 0 Å². The molecule has 0 amide bonds. The molecule has 0 N–H and O–H groups in total. The highest BCUT2D eigenvalue weighted by molar-refractivity contribution is 7.07. The van der Waals surface area contributed by atoms with Crippen LogP contribution in [-0.4, -0.2) is 36.3 Å². The highest BCUT2D eigenvalue weighted by Gasteiger charge is 2.33. The molecule has 37 heavy (non-hydrogen) atoms. The van der Waals surface area contributed by atoms with Crippen molar-refractivity contribution in [3.8, 4) is 5.75 Å². The number of fused-ring (bicyclic) bond motifs is 1. The molecule has 1 atom stereocenters. The maximum atomic E-state index is 13.7. The highest BCUT2D eigenvalue weighted by Crippen LogP contribution is 2.31. The lowest BCUT2D eigenvalue weighted by atomic mass is 9.95. The molecule has 4 rings (SSSR count). The molecular weight excluding hydrogens is 492 g/mol. The number of nitrogens with zero attached hydrogens (tertiary/aromatic N) is 2. The molecule has 1 aromatic heterocycles. The Balaban J connectivity index is 1.87. The van der Waals surface area contributed by atoms with Crippen LogP contribution in [0.25, 0.3) is 6.08 Å². The smallest absolute Gasteiger partial charge is 0.338 e. The SMILES string of the molecule is CCOc1ccc(C=c2sc3n(c2=O)C(c2ccc(C(=O)OC)cc2)C(C(=O)OC(C)C)=C(C)N=3)cc1. The average molecular weight is 521 g/mol. The maximum absolute atomic E-state index is 13.7. The maximum Gasteiger partial charge on any atom is 0.338 e. The Bertz CT molecular complexity index is 1530. The summed E-state index contributed by atoms with van der Waals surface area (Å²) >= 11 is 1.25. The first kappa shape index (κ1) is 26.1. The first-order valence-electron chi connectivity index (χ1n) is 11.9. The number of carbonyl (C=O) groups is 2. The zero-order valence-corrected chi connectivity index (χ0v) is 22.1. The van der Waals surface area contributed by atoms with E-state index in [1.807, 2.05) is 31.2 Å². The van der Waals surface area contributed by atoms with E-state index in [-0.39, 0.29) is 17.2 Å². The molecule has 1 unspecified atom stereocenters. The van der Waals surface area contributed by atoms with Gasteiger partial charge < -0.3 is 14.2 Å². The zero-order valence-electron chi connectivity index (χ0n) is 21.3. The fourth-order valence-electron chi connectivity index (χ4n) is 4.07. The lowest BCUT2D eigenvalue weighted by Crippen LogP contribution is -2.40. The van der Waals surface area contributed by atoms with Gasteiger partial charge in [-0.1, -0.05) is 35.6 Å². The van der Waals surface area contributed by atoms with E-state index in [1.165, 1.54) is 23.0 Å². The van der Waals surface area contributed by atoms with Crippen molar-refractivity contribution in [2.24, 2.45) is 4.99 Å². The third-order valence-electron chi connectivity index (χ3n) is 5.72. The van der Waals surface area contributed by atoms with E-state index < -0.39 is 18.0 Å². The number of carbonyl (C=O) groups excluding carboxylic acids is 2. The highest BCUT2D eigenvalue weighted by atomic mass is 32.1. The third kappa shape index (κ3) is 5.41. The summed E-state index contributed by atoms with van der Waals surface area (Å²) in [6.45, 7) is 7.75. The van der Waals surface area contributed by atoms with Gasteiger partial charge in [0, 0.05) is 0 Å². The number of methoxy groups -OCH3 is 1. The standard InChI is InChI=1S/C28H28N2O6S/c1-6-35-21-13-7-18(8-14-21)15-22-25(31)30-24(19-9-11-20(12-10-19)26(32)34-5)23(27(33)36-16(2)3)17(4)29-28(30)37-22/h7-16,24H,6H2,1-5H3. The van der Waals surface area contributed by atoms with E-state index >= 15 is 0 Å². The minimum Gasteiger partial charge on any atom is -0.494 e. The molecule has 1 aliphatic heterocycles. The van der Waals surface area contributed by atoms with Crippen molar-refractivity contribution in [3.63, 3.8) is 0 Å². The van der Waals surface area contributed by atoms with Crippen LogP contribution in [0.15, 0.2) is 69.6 Å². The Hall–Kier alpha value is -3.98. The van der Waals surface area contributed by atoms with Gasteiger partial charge in [-0.15, -0.1) is 0 Å². The topological polar surface area (TPSA) is 96.2 Å². The summed E-state index contributed by atoms with van der Waals surface area (Å²) in [5.74, 6) is -0.267. The van der Waals surface area contributed by atoms with Gasteiger partial charge in [-0.2, -0.15) is 0 Å². The molecule has 0 fully saturated rings. The van der Waals surface area contributed by atoms with Gasteiger partial charge in [0.2, 0.25) is 0 Å². The number of esters is 2. The van der Waals surface area contributed by atoms with Gasteiger partial charge in [0.15, 0.2) is 4.80 Å². The second kappa shape index (κ2) is 11.0. The van der Waals surface area contributed by atoms with Crippen molar-refractivity contribution >= 4 is 29.4 Å². The molecule has 1 aliphatic rings. The molecular formula is C28H28N2O6S. The first-order valence-corrected chi connectivity index (χ1v) is 12.7. The van der Waals surface area contributed by atoms with E-state index in [1.54, 1.807) is 51.1 Å². The number of hydrogen-bond donors (Lipinski definition) is 0. The minimum atomic E-state index is -0.767. The van der Waals surface area contributed by atoms with Crippen LogP contribution < -0.4 is 19.6 Å². The largest absolute Gasteiger partial charge is 0.494 e. The quantitative estimate of drug-likeness (QED) is 0.443. The second-order valence-corrected chi connectivity index (χ2v) is 9.66. The number of allylic oxidation sites excluding steroid dienone is 1. The number of benzene rings is 2. The van der Waals surface area contributed by atoms with Gasteiger partial charge in [0.05, 0.1) is 47.2 Å². The van der Waals surface area contributed by atoms with Crippen molar-refractivity contribution in [1.82, 2.24) is 4.57 Å². The number of thiazole rings is 1. The van der Waals surface area contributed by atoms with Gasteiger partial charge in [0.25, 0.3) is 5.56 Å². The summed E-state index contributed by atoms with van der Waals surface area (Å²) in [6, 6.07) is 13.3. The molecule has 8 nitrogen and oxygen atoms in total. The van der Waals surface area contributed by atoms with Crippen LogP contribution >= 0.6 is 11.3 Å². The molecule has 192 valence electrons. The summed E-state index contributed by atoms with van der Waals surface area (Å²) in [4.78, 5) is 43.9. The number of aromatic nitrogens is 1. The summed E-state index contributed by atoms with van der Waals surface area (Å²) in [5, 5.41) is 0. The van der Waals surface area contributed by atoms with Gasteiger partial charge >= 0.3 is 11.9 Å². The summed E-state index contributed by atoms with van der Waals surface area (Å²) in [7, 11) is 1.31. The van der Waals surface area contributed by atoms with Crippen molar-refractivity contribution in [2.45, 2.75) is 39.8 Å². The van der Waals surface area contributed by atoms with Gasteiger partial charge in [0.1, 0.15) is 5.75 Å². The van der Waals surface area contributed by atoms with Crippen LogP contribution in [0.3, 0.4) is 0 Å². The van der Waals surface area contributed by atoms with Gasteiger partial charge in [-0.25, -0.2) is 14.6 Å². The van der Waals surface area contributed by atoms with E-state index in [9.17, 15) is 14.4 Å². The fourth-order valence-corrected chi connectivity index (χ4v) is 5.12. The Labute approximate surface area is 218 Å². The van der Waals surface area contributed by atoms with E-state index in [2.05, 4.69) is 4.99 Å². The van der Waals surface area contributed by atoms with Crippen LogP contribution in [0.1, 0.15) is 55.2 Å². The molecule has 0 saturated heterocycles. The normalized spacial score (nSPS) is 15.3. The lowest BCUT2D eigenvalue weighted by Gasteiger charge is -2.25. The Kier molecular flexibility index (Phi) is 7.73. The Morgan fingerprint density at radius 3 is 2.35 bits per heavy atom. The van der Waals surface area contributed by atoms with Crippen LogP contribution in [0.2, 0.25) is 0 Å². The predicted octanol–water partition coefficient (Wildman–Crippen LogP) is 3.37.